The zero-order valence-electron chi connectivity index (χ0n) is 7.93. The van der Waals surface area contributed by atoms with Crippen molar-refractivity contribution in [1.29, 1.82) is 0 Å². The molecule has 64 valence electrons. The maximum absolute atomic E-state index is 2.65. The van der Waals surface area contributed by atoms with E-state index >= 15 is 0 Å². The van der Waals surface area contributed by atoms with Gasteiger partial charge in [-0.3, -0.25) is 4.90 Å². The third-order valence-electron chi connectivity index (χ3n) is 3.43. The lowest BCUT2D eigenvalue weighted by Gasteiger charge is -2.31. The van der Waals surface area contributed by atoms with Crippen LogP contribution < -0.4 is 0 Å². The molecule has 0 amide bonds. The summed E-state index contributed by atoms with van der Waals surface area (Å²) in [7, 11) is 0. The molecule has 2 fully saturated rings. The van der Waals surface area contributed by atoms with Crippen LogP contribution in [0.5, 0.6) is 0 Å². The quantitative estimate of drug-likeness (QED) is 0.515. The SMILES string of the molecule is CC(C)(C)N1C[C@H]2CC[C@H]2C1. The summed E-state index contributed by atoms with van der Waals surface area (Å²) in [5.41, 5.74) is 0.414. The summed E-state index contributed by atoms with van der Waals surface area (Å²) in [5, 5.41) is 0. The molecule has 0 unspecified atom stereocenters. The molecule has 11 heavy (non-hydrogen) atoms. The fourth-order valence-corrected chi connectivity index (χ4v) is 2.31. The molecular weight excluding hydrogens is 134 g/mol. The van der Waals surface area contributed by atoms with Crippen LogP contribution in [0.3, 0.4) is 0 Å². The van der Waals surface area contributed by atoms with Crippen molar-refractivity contribution in [2.45, 2.75) is 39.2 Å². The van der Waals surface area contributed by atoms with Gasteiger partial charge in [-0.15, -0.1) is 0 Å². The second-order valence-electron chi connectivity index (χ2n) is 5.17. The van der Waals surface area contributed by atoms with Crippen LogP contribution in [0.4, 0.5) is 0 Å². The minimum atomic E-state index is 0.414. The van der Waals surface area contributed by atoms with Gasteiger partial charge in [0, 0.05) is 18.6 Å². The second-order valence-corrected chi connectivity index (χ2v) is 5.17. The molecule has 0 aromatic carbocycles. The van der Waals surface area contributed by atoms with Crippen LogP contribution >= 0.6 is 0 Å². The minimum Gasteiger partial charge on any atom is -0.298 e. The Morgan fingerprint density at radius 1 is 1.00 bits per heavy atom. The van der Waals surface area contributed by atoms with Crippen molar-refractivity contribution in [3.8, 4) is 0 Å². The van der Waals surface area contributed by atoms with Crippen molar-refractivity contribution >= 4 is 0 Å². The number of likely N-dealkylation sites (tertiary alicyclic amines) is 1. The molecule has 1 saturated carbocycles. The van der Waals surface area contributed by atoms with E-state index in [1.165, 1.54) is 25.9 Å². The van der Waals surface area contributed by atoms with Gasteiger partial charge in [-0.05, 0) is 45.4 Å². The van der Waals surface area contributed by atoms with Crippen LogP contribution in [0.2, 0.25) is 0 Å². The van der Waals surface area contributed by atoms with Crippen molar-refractivity contribution in [2.75, 3.05) is 13.1 Å². The number of fused-ring (bicyclic) bond motifs is 1. The molecule has 1 nitrogen and oxygen atoms in total. The van der Waals surface area contributed by atoms with Gasteiger partial charge in [-0.2, -0.15) is 0 Å². The van der Waals surface area contributed by atoms with Crippen LogP contribution in [0, 0.1) is 11.8 Å². The van der Waals surface area contributed by atoms with Gasteiger partial charge in [0.2, 0.25) is 0 Å². The third kappa shape index (κ3) is 1.20. The predicted molar refractivity (Wildman–Crippen MR) is 47.5 cm³/mol. The normalized spacial score (nSPS) is 38.5. The van der Waals surface area contributed by atoms with E-state index in [0.717, 1.165) is 11.8 Å². The summed E-state index contributed by atoms with van der Waals surface area (Å²) in [6.45, 7) is 9.73. The molecule has 1 heteroatoms. The second kappa shape index (κ2) is 2.22. The zero-order chi connectivity index (χ0) is 8.06. The summed E-state index contributed by atoms with van der Waals surface area (Å²) in [4.78, 5) is 2.65. The number of hydrogen-bond acceptors (Lipinski definition) is 1. The Morgan fingerprint density at radius 2 is 1.45 bits per heavy atom. The molecule has 1 saturated heterocycles. The average molecular weight is 153 g/mol. The van der Waals surface area contributed by atoms with E-state index < -0.39 is 0 Å². The van der Waals surface area contributed by atoms with Crippen molar-refractivity contribution in [1.82, 2.24) is 4.90 Å². The van der Waals surface area contributed by atoms with E-state index in [-0.39, 0.29) is 0 Å². The van der Waals surface area contributed by atoms with E-state index in [1.54, 1.807) is 0 Å². The molecule has 0 aromatic heterocycles. The molecule has 0 radical (unpaired) electrons. The van der Waals surface area contributed by atoms with Gasteiger partial charge in [0.15, 0.2) is 0 Å². The molecule has 0 aromatic rings. The lowest BCUT2D eigenvalue weighted by atomic mass is 9.77. The molecule has 1 heterocycles. The van der Waals surface area contributed by atoms with Gasteiger partial charge in [0.1, 0.15) is 0 Å². The fraction of sp³-hybridized carbons (Fsp3) is 1.00. The monoisotopic (exact) mass is 153 g/mol. The topological polar surface area (TPSA) is 3.24 Å². The van der Waals surface area contributed by atoms with Crippen molar-refractivity contribution in [3.05, 3.63) is 0 Å². The molecular formula is C10H19N. The first-order valence-corrected chi connectivity index (χ1v) is 4.82. The Bertz CT molecular complexity index is 145. The van der Waals surface area contributed by atoms with Gasteiger partial charge in [0.25, 0.3) is 0 Å². The Morgan fingerprint density at radius 3 is 1.73 bits per heavy atom. The van der Waals surface area contributed by atoms with Gasteiger partial charge in [-0.1, -0.05) is 0 Å². The standard InChI is InChI=1S/C10H19N/c1-10(2,3)11-6-8-4-5-9(8)7-11/h8-9H,4-7H2,1-3H3/t8-,9+. The number of rotatable bonds is 0. The maximum atomic E-state index is 2.65. The largest absolute Gasteiger partial charge is 0.298 e. The van der Waals surface area contributed by atoms with E-state index in [2.05, 4.69) is 25.7 Å². The molecule has 0 bridgehead atoms. The average Bonchev–Trinajstić information content (AvgIpc) is 2.06. The number of hydrogen-bond donors (Lipinski definition) is 0. The van der Waals surface area contributed by atoms with Crippen molar-refractivity contribution < 1.29 is 0 Å². The Kier molecular flexibility index (Phi) is 1.54. The molecule has 1 aliphatic heterocycles. The van der Waals surface area contributed by atoms with E-state index in [1.807, 2.05) is 0 Å². The molecule has 2 atom stereocenters. The molecule has 1 aliphatic carbocycles. The van der Waals surface area contributed by atoms with Crippen molar-refractivity contribution in [3.63, 3.8) is 0 Å². The summed E-state index contributed by atoms with van der Waals surface area (Å²) in [6, 6.07) is 0. The number of nitrogens with zero attached hydrogens (tertiary/aromatic N) is 1. The van der Waals surface area contributed by atoms with Crippen LogP contribution in [0.25, 0.3) is 0 Å². The van der Waals surface area contributed by atoms with Gasteiger partial charge < -0.3 is 0 Å². The Balaban J connectivity index is 1.98. The third-order valence-corrected chi connectivity index (χ3v) is 3.43. The Hall–Kier alpha value is -0.0400. The first kappa shape index (κ1) is 7.60. The van der Waals surface area contributed by atoms with E-state index in [4.69, 9.17) is 0 Å². The summed E-state index contributed by atoms with van der Waals surface area (Å²) in [5.74, 6) is 2.13. The van der Waals surface area contributed by atoms with Gasteiger partial charge in [-0.25, -0.2) is 0 Å². The minimum absolute atomic E-state index is 0.414. The smallest absolute Gasteiger partial charge is 0.0125 e. The van der Waals surface area contributed by atoms with Crippen LogP contribution in [0.1, 0.15) is 33.6 Å². The molecule has 0 N–H and O–H groups in total. The highest BCUT2D eigenvalue weighted by atomic mass is 15.2. The van der Waals surface area contributed by atoms with Gasteiger partial charge in [0.05, 0.1) is 0 Å². The predicted octanol–water partition coefficient (Wildman–Crippen LogP) is 2.13. The highest BCUT2D eigenvalue weighted by Gasteiger charge is 2.42. The van der Waals surface area contributed by atoms with Crippen LogP contribution in [0.15, 0.2) is 0 Å². The van der Waals surface area contributed by atoms with E-state index in [9.17, 15) is 0 Å². The van der Waals surface area contributed by atoms with Crippen LogP contribution in [-0.4, -0.2) is 23.5 Å². The molecule has 2 aliphatic rings. The highest BCUT2D eigenvalue weighted by Crippen LogP contribution is 2.42. The maximum Gasteiger partial charge on any atom is 0.0125 e. The molecule has 0 spiro atoms. The van der Waals surface area contributed by atoms with Crippen LogP contribution in [-0.2, 0) is 0 Å². The first-order valence-electron chi connectivity index (χ1n) is 4.82. The van der Waals surface area contributed by atoms with Crippen molar-refractivity contribution in [2.24, 2.45) is 11.8 Å². The summed E-state index contributed by atoms with van der Waals surface area (Å²) >= 11 is 0. The molecule has 2 rings (SSSR count). The summed E-state index contributed by atoms with van der Waals surface area (Å²) < 4.78 is 0. The zero-order valence-corrected chi connectivity index (χ0v) is 7.93. The Labute approximate surface area is 69.8 Å². The lowest BCUT2D eigenvalue weighted by Crippen LogP contribution is -2.39. The fourth-order valence-electron chi connectivity index (χ4n) is 2.31. The van der Waals surface area contributed by atoms with Gasteiger partial charge >= 0.3 is 0 Å². The van der Waals surface area contributed by atoms with E-state index in [0.29, 0.717) is 5.54 Å². The summed E-state index contributed by atoms with van der Waals surface area (Å²) in [6.07, 6.45) is 2.99. The lowest BCUT2D eigenvalue weighted by molar-refractivity contribution is 0.169. The first-order chi connectivity index (χ1) is 5.07. The highest BCUT2D eigenvalue weighted by molar-refractivity contribution is 4.95.